The van der Waals surface area contributed by atoms with Gasteiger partial charge in [0.05, 0.1) is 23.9 Å². The second-order valence-corrected chi connectivity index (χ2v) is 6.02. The first-order valence-electron chi connectivity index (χ1n) is 7.84. The minimum Gasteiger partial charge on any atom is -0.457 e. The molecule has 1 aliphatic carbocycles. The molecule has 0 bridgehead atoms. The number of hydrogen-bond donors (Lipinski definition) is 0. The van der Waals surface area contributed by atoms with Gasteiger partial charge in [0.1, 0.15) is 6.10 Å². The lowest BCUT2D eigenvalue weighted by Gasteiger charge is -2.20. The Morgan fingerprint density at radius 2 is 1.70 bits per heavy atom. The van der Waals surface area contributed by atoms with Gasteiger partial charge in [-0.15, -0.1) is 0 Å². The molecule has 0 N–H and O–H groups in total. The van der Waals surface area contributed by atoms with Gasteiger partial charge >= 0.3 is 5.97 Å². The number of hydrogen-bond acceptors (Lipinski definition) is 4. The highest BCUT2D eigenvalue weighted by Gasteiger charge is 2.47. The fraction of sp³-hybridized carbons (Fsp3) is 0.389. The van der Waals surface area contributed by atoms with Crippen molar-refractivity contribution < 1.29 is 19.1 Å². The van der Waals surface area contributed by atoms with Crippen LogP contribution in [0, 0.1) is 11.8 Å². The van der Waals surface area contributed by atoms with E-state index in [4.69, 9.17) is 4.74 Å². The topological polar surface area (TPSA) is 63.7 Å². The summed E-state index contributed by atoms with van der Waals surface area (Å²) in [5.74, 6) is -1.23. The SMILES string of the molecule is CC(CN1C(=O)C2CC=CCC2C1=O)OC(=O)c1ccccc1. The number of likely N-dealkylation sites (tertiary alicyclic amines) is 1. The average Bonchev–Trinajstić information content (AvgIpc) is 2.81. The number of amides is 2. The third-order valence-corrected chi connectivity index (χ3v) is 4.36. The Morgan fingerprint density at radius 1 is 1.13 bits per heavy atom. The molecule has 0 radical (unpaired) electrons. The summed E-state index contributed by atoms with van der Waals surface area (Å²) in [6.07, 6.45) is 4.60. The van der Waals surface area contributed by atoms with Crippen LogP contribution < -0.4 is 0 Å². The number of ether oxygens (including phenoxy) is 1. The molecule has 3 rings (SSSR count). The summed E-state index contributed by atoms with van der Waals surface area (Å²) in [5, 5.41) is 0. The van der Waals surface area contributed by atoms with Crippen LogP contribution in [0.4, 0.5) is 0 Å². The van der Waals surface area contributed by atoms with Gasteiger partial charge in [-0.05, 0) is 31.9 Å². The number of esters is 1. The Labute approximate surface area is 134 Å². The molecule has 5 nitrogen and oxygen atoms in total. The van der Waals surface area contributed by atoms with E-state index in [1.807, 2.05) is 18.2 Å². The molecule has 23 heavy (non-hydrogen) atoms. The van der Waals surface area contributed by atoms with E-state index in [1.165, 1.54) is 4.90 Å². The molecule has 5 heteroatoms. The lowest BCUT2D eigenvalue weighted by Crippen LogP contribution is -2.38. The van der Waals surface area contributed by atoms with E-state index in [-0.39, 0.29) is 30.2 Å². The summed E-state index contributed by atoms with van der Waals surface area (Å²) in [6.45, 7) is 1.81. The Bertz CT molecular complexity index is 626. The molecule has 2 amide bonds. The highest BCUT2D eigenvalue weighted by molar-refractivity contribution is 6.05. The predicted molar refractivity (Wildman–Crippen MR) is 83.4 cm³/mol. The molecule has 2 aliphatic rings. The summed E-state index contributed by atoms with van der Waals surface area (Å²) < 4.78 is 5.35. The van der Waals surface area contributed by atoms with Crippen LogP contribution in [-0.4, -0.2) is 35.3 Å². The van der Waals surface area contributed by atoms with Crippen molar-refractivity contribution in [1.29, 1.82) is 0 Å². The lowest BCUT2D eigenvalue weighted by molar-refractivity contribution is -0.141. The van der Waals surface area contributed by atoms with E-state index in [0.717, 1.165) is 0 Å². The summed E-state index contributed by atoms with van der Waals surface area (Å²) in [4.78, 5) is 38.0. The second kappa shape index (κ2) is 6.36. The summed E-state index contributed by atoms with van der Waals surface area (Å²) in [6, 6.07) is 8.67. The zero-order chi connectivity index (χ0) is 16.4. The van der Waals surface area contributed by atoms with E-state index in [1.54, 1.807) is 31.2 Å². The van der Waals surface area contributed by atoms with Gasteiger partial charge in [-0.1, -0.05) is 30.4 Å². The van der Waals surface area contributed by atoms with Crippen LogP contribution in [0.15, 0.2) is 42.5 Å². The molecule has 0 aromatic heterocycles. The van der Waals surface area contributed by atoms with Crippen molar-refractivity contribution in [2.45, 2.75) is 25.9 Å². The molecule has 0 saturated carbocycles. The third-order valence-electron chi connectivity index (χ3n) is 4.36. The number of rotatable bonds is 4. The molecule has 0 spiro atoms. The number of nitrogens with zero attached hydrogens (tertiary/aromatic N) is 1. The monoisotopic (exact) mass is 313 g/mol. The third kappa shape index (κ3) is 3.04. The Morgan fingerprint density at radius 3 is 2.26 bits per heavy atom. The van der Waals surface area contributed by atoms with Crippen LogP contribution >= 0.6 is 0 Å². The molecule has 3 unspecified atom stereocenters. The van der Waals surface area contributed by atoms with Crippen molar-refractivity contribution in [3.05, 3.63) is 48.0 Å². The Kier molecular flexibility index (Phi) is 4.28. The maximum Gasteiger partial charge on any atom is 0.338 e. The molecular weight excluding hydrogens is 294 g/mol. The van der Waals surface area contributed by atoms with Crippen molar-refractivity contribution in [1.82, 2.24) is 4.90 Å². The van der Waals surface area contributed by atoms with Crippen LogP contribution in [0.25, 0.3) is 0 Å². The minimum atomic E-state index is -0.538. The first-order valence-corrected chi connectivity index (χ1v) is 7.84. The van der Waals surface area contributed by atoms with Crippen molar-refractivity contribution in [2.24, 2.45) is 11.8 Å². The molecule has 1 aromatic carbocycles. The van der Waals surface area contributed by atoms with Gasteiger partial charge in [-0.2, -0.15) is 0 Å². The lowest BCUT2D eigenvalue weighted by atomic mass is 9.85. The van der Waals surface area contributed by atoms with Gasteiger partial charge in [-0.3, -0.25) is 14.5 Å². The van der Waals surface area contributed by atoms with Crippen molar-refractivity contribution >= 4 is 17.8 Å². The number of carbonyl (C=O) groups excluding carboxylic acids is 3. The summed E-state index contributed by atoms with van der Waals surface area (Å²) >= 11 is 0. The Hall–Kier alpha value is -2.43. The highest BCUT2D eigenvalue weighted by Crippen LogP contribution is 2.35. The van der Waals surface area contributed by atoms with Crippen molar-refractivity contribution in [3.8, 4) is 0 Å². The van der Waals surface area contributed by atoms with Gasteiger partial charge in [0, 0.05) is 0 Å². The molecule has 1 saturated heterocycles. The number of imide groups is 1. The van der Waals surface area contributed by atoms with E-state index < -0.39 is 12.1 Å². The van der Waals surface area contributed by atoms with E-state index >= 15 is 0 Å². The van der Waals surface area contributed by atoms with Gasteiger partial charge < -0.3 is 4.74 Å². The van der Waals surface area contributed by atoms with Crippen molar-refractivity contribution in [3.63, 3.8) is 0 Å². The maximum atomic E-state index is 12.4. The molecule has 3 atom stereocenters. The summed E-state index contributed by atoms with van der Waals surface area (Å²) in [7, 11) is 0. The van der Waals surface area contributed by atoms with Crippen LogP contribution in [-0.2, 0) is 14.3 Å². The summed E-state index contributed by atoms with van der Waals surface area (Å²) in [5.41, 5.74) is 0.455. The van der Waals surface area contributed by atoms with Crippen LogP contribution in [0.3, 0.4) is 0 Å². The number of benzene rings is 1. The highest BCUT2D eigenvalue weighted by atomic mass is 16.5. The molecule has 1 fully saturated rings. The van der Waals surface area contributed by atoms with Gasteiger partial charge in [-0.25, -0.2) is 4.79 Å². The quantitative estimate of drug-likeness (QED) is 0.485. The van der Waals surface area contributed by atoms with E-state index in [9.17, 15) is 14.4 Å². The molecule has 120 valence electrons. The number of carbonyl (C=O) groups is 3. The fourth-order valence-electron chi connectivity index (χ4n) is 3.17. The fourth-order valence-corrected chi connectivity index (χ4v) is 3.17. The van der Waals surface area contributed by atoms with Gasteiger partial charge in [0.15, 0.2) is 0 Å². The minimum absolute atomic E-state index is 0.114. The Balaban J connectivity index is 1.62. The van der Waals surface area contributed by atoms with Gasteiger partial charge in [0.25, 0.3) is 0 Å². The van der Waals surface area contributed by atoms with E-state index in [2.05, 4.69) is 0 Å². The van der Waals surface area contributed by atoms with Crippen molar-refractivity contribution in [2.75, 3.05) is 6.54 Å². The average molecular weight is 313 g/mol. The second-order valence-electron chi connectivity index (χ2n) is 6.02. The van der Waals surface area contributed by atoms with Crippen LogP contribution in [0.1, 0.15) is 30.1 Å². The maximum absolute atomic E-state index is 12.4. The first-order chi connectivity index (χ1) is 11.1. The predicted octanol–water partition coefficient (Wildman–Crippen LogP) is 2.18. The largest absolute Gasteiger partial charge is 0.457 e. The van der Waals surface area contributed by atoms with Gasteiger partial charge in [0.2, 0.25) is 11.8 Å². The first kappa shape index (κ1) is 15.5. The van der Waals surface area contributed by atoms with Crippen LogP contribution in [0.5, 0.6) is 0 Å². The van der Waals surface area contributed by atoms with E-state index in [0.29, 0.717) is 18.4 Å². The normalized spacial score (nSPS) is 24.5. The molecule has 1 aromatic rings. The molecular formula is C18H19NO4. The zero-order valence-corrected chi connectivity index (χ0v) is 13.0. The smallest absolute Gasteiger partial charge is 0.338 e. The van der Waals surface area contributed by atoms with Crippen LogP contribution in [0.2, 0.25) is 0 Å². The molecule has 1 aliphatic heterocycles. The number of fused-ring (bicyclic) bond motifs is 1. The molecule has 1 heterocycles. The standard InChI is InChI=1S/C18H19NO4/c1-12(23-18(22)13-7-3-2-4-8-13)11-19-16(20)14-9-5-6-10-15(14)17(19)21/h2-8,12,14-15H,9-11H2,1H3. The number of allylic oxidation sites excluding steroid dienone is 2. The zero-order valence-electron chi connectivity index (χ0n) is 13.0.